The maximum atomic E-state index is 13.0. The number of anilines is 1. The van der Waals surface area contributed by atoms with Gasteiger partial charge in [0.15, 0.2) is 0 Å². The van der Waals surface area contributed by atoms with Crippen molar-refractivity contribution in [2.24, 2.45) is 5.73 Å². The maximum Gasteiger partial charge on any atom is 0.256 e. The van der Waals surface area contributed by atoms with Gasteiger partial charge in [0.05, 0.1) is 11.1 Å². The molecule has 28 heavy (non-hydrogen) atoms. The van der Waals surface area contributed by atoms with Gasteiger partial charge < -0.3 is 15.8 Å². The second-order valence-electron chi connectivity index (χ2n) is 7.01. The van der Waals surface area contributed by atoms with Gasteiger partial charge >= 0.3 is 0 Å². The Labute approximate surface area is 170 Å². The molecular weight excluding hydrogens is 374 g/mol. The fourth-order valence-corrected chi connectivity index (χ4v) is 3.15. The summed E-state index contributed by atoms with van der Waals surface area (Å²) in [7, 11) is 0. The minimum Gasteiger partial charge on any atom is -0.492 e. The predicted octanol–water partition coefficient (Wildman–Crippen LogP) is 4.43. The quantitative estimate of drug-likeness (QED) is 0.644. The molecule has 1 saturated carbocycles. The van der Waals surface area contributed by atoms with Crippen molar-refractivity contribution >= 4 is 34.9 Å². The molecule has 0 saturated heterocycles. The van der Waals surface area contributed by atoms with E-state index in [1.54, 1.807) is 0 Å². The normalized spacial score (nSPS) is 13.1. The number of pyridine rings is 1. The molecule has 0 atom stereocenters. The number of aryl methyl sites for hydroxylation is 1. The van der Waals surface area contributed by atoms with Crippen LogP contribution in [0.15, 0.2) is 48.5 Å². The SMILES string of the molecule is Cc1ccc2nc(C3CC3)cc(C(=O)Nc3ccc(OCCN)cc3)c2c1.Cl. The molecule has 1 amide bonds. The summed E-state index contributed by atoms with van der Waals surface area (Å²) in [5.74, 6) is 1.10. The van der Waals surface area contributed by atoms with Gasteiger partial charge in [0.1, 0.15) is 12.4 Å². The van der Waals surface area contributed by atoms with Crippen molar-refractivity contribution in [1.82, 2.24) is 4.98 Å². The Morgan fingerprint density at radius 1 is 1.18 bits per heavy atom. The molecule has 2 aromatic carbocycles. The summed E-state index contributed by atoms with van der Waals surface area (Å²) in [6.07, 6.45) is 2.30. The molecule has 1 aliphatic rings. The summed E-state index contributed by atoms with van der Waals surface area (Å²) in [5.41, 5.74) is 9.85. The van der Waals surface area contributed by atoms with Crippen LogP contribution in [0.1, 0.15) is 40.4 Å². The van der Waals surface area contributed by atoms with Gasteiger partial charge in [-0.05, 0) is 62.2 Å². The van der Waals surface area contributed by atoms with Crippen molar-refractivity contribution in [2.45, 2.75) is 25.7 Å². The Kier molecular flexibility index (Phi) is 6.17. The number of fused-ring (bicyclic) bond motifs is 1. The molecule has 1 fully saturated rings. The largest absolute Gasteiger partial charge is 0.492 e. The summed E-state index contributed by atoms with van der Waals surface area (Å²) in [6.45, 7) is 2.96. The summed E-state index contributed by atoms with van der Waals surface area (Å²) in [6, 6.07) is 15.3. The van der Waals surface area contributed by atoms with E-state index in [2.05, 4.69) is 5.32 Å². The lowest BCUT2D eigenvalue weighted by atomic mass is 10.0. The zero-order chi connectivity index (χ0) is 18.8. The van der Waals surface area contributed by atoms with E-state index in [0.29, 0.717) is 24.6 Å². The molecule has 4 rings (SSSR count). The van der Waals surface area contributed by atoms with Gasteiger partial charge in [0, 0.05) is 29.2 Å². The molecule has 1 heterocycles. The van der Waals surface area contributed by atoms with Crippen LogP contribution in [0.3, 0.4) is 0 Å². The van der Waals surface area contributed by atoms with Crippen LogP contribution in [-0.2, 0) is 0 Å². The van der Waals surface area contributed by atoms with Crippen molar-refractivity contribution in [3.8, 4) is 5.75 Å². The van der Waals surface area contributed by atoms with E-state index in [4.69, 9.17) is 15.5 Å². The first-order chi connectivity index (χ1) is 13.1. The standard InChI is InChI=1S/C22H23N3O2.ClH/c1-14-2-9-20-18(12-14)19(13-21(25-20)15-3-4-15)22(26)24-16-5-7-17(8-6-16)27-11-10-23;/h2,5-9,12-13,15H,3-4,10-11,23H2,1H3,(H,24,26);1H. The van der Waals surface area contributed by atoms with Crippen molar-refractivity contribution in [1.29, 1.82) is 0 Å². The van der Waals surface area contributed by atoms with Crippen molar-refractivity contribution < 1.29 is 9.53 Å². The molecule has 0 bridgehead atoms. The van der Waals surface area contributed by atoms with Crippen molar-refractivity contribution in [2.75, 3.05) is 18.5 Å². The zero-order valence-corrected chi connectivity index (χ0v) is 16.6. The number of hydrogen-bond acceptors (Lipinski definition) is 4. The number of aromatic nitrogens is 1. The van der Waals surface area contributed by atoms with Crippen LogP contribution in [0, 0.1) is 6.92 Å². The second-order valence-corrected chi connectivity index (χ2v) is 7.01. The lowest BCUT2D eigenvalue weighted by molar-refractivity contribution is 0.102. The molecule has 0 radical (unpaired) electrons. The van der Waals surface area contributed by atoms with E-state index in [1.807, 2.05) is 55.5 Å². The fourth-order valence-electron chi connectivity index (χ4n) is 3.15. The number of ether oxygens (including phenoxy) is 1. The highest BCUT2D eigenvalue weighted by atomic mass is 35.5. The monoisotopic (exact) mass is 397 g/mol. The molecule has 0 unspecified atom stereocenters. The molecule has 1 aromatic heterocycles. The minimum absolute atomic E-state index is 0. The summed E-state index contributed by atoms with van der Waals surface area (Å²) in [5, 5.41) is 3.88. The molecule has 6 heteroatoms. The highest BCUT2D eigenvalue weighted by Crippen LogP contribution is 2.40. The van der Waals surface area contributed by atoms with Crippen LogP contribution >= 0.6 is 12.4 Å². The Bertz CT molecular complexity index is 985. The number of nitrogens with two attached hydrogens (primary N) is 1. The smallest absolute Gasteiger partial charge is 0.256 e. The Hall–Kier alpha value is -2.63. The Balaban J connectivity index is 0.00000225. The van der Waals surface area contributed by atoms with Gasteiger partial charge in [0.25, 0.3) is 5.91 Å². The molecule has 5 nitrogen and oxygen atoms in total. The van der Waals surface area contributed by atoms with Crippen LogP contribution < -0.4 is 15.8 Å². The molecule has 146 valence electrons. The number of amides is 1. The van der Waals surface area contributed by atoms with Crippen LogP contribution in [0.2, 0.25) is 0 Å². The van der Waals surface area contributed by atoms with Gasteiger partial charge in [-0.3, -0.25) is 9.78 Å². The molecule has 3 aromatic rings. The molecule has 0 aliphatic heterocycles. The van der Waals surface area contributed by atoms with Crippen LogP contribution in [0.4, 0.5) is 5.69 Å². The van der Waals surface area contributed by atoms with E-state index in [-0.39, 0.29) is 18.3 Å². The van der Waals surface area contributed by atoms with Gasteiger partial charge in [-0.15, -0.1) is 12.4 Å². The topological polar surface area (TPSA) is 77.2 Å². The van der Waals surface area contributed by atoms with E-state index in [1.165, 1.54) is 0 Å². The number of halogens is 1. The van der Waals surface area contributed by atoms with E-state index >= 15 is 0 Å². The van der Waals surface area contributed by atoms with Crippen LogP contribution in [-0.4, -0.2) is 24.0 Å². The first kappa shape index (κ1) is 20.1. The number of rotatable bonds is 6. The lowest BCUT2D eigenvalue weighted by Crippen LogP contribution is -2.14. The minimum atomic E-state index is -0.120. The number of carbonyl (C=O) groups excluding carboxylic acids is 1. The molecule has 1 aliphatic carbocycles. The highest BCUT2D eigenvalue weighted by molar-refractivity contribution is 6.12. The Morgan fingerprint density at radius 3 is 2.61 bits per heavy atom. The second kappa shape index (κ2) is 8.59. The maximum absolute atomic E-state index is 13.0. The first-order valence-electron chi connectivity index (χ1n) is 9.29. The van der Waals surface area contributed by atoms with E-state index in [9.17, 15) is 4.79 Å². The average molecular weight is 398 g/mol. The summed E-state index contributed by atoms with van der Waals surface area (Å²) in [4.78, 5) is 17.8. The Morgan fingerprint density at radius 2 is 1.93 bits per heavy atom. The summed E-state index contributed by atoms with van der Waals surface area (Å²) < 4.78 is 5.47. The van der Waals surface area contributed by atoms with Gasteiger partial charge in [0.2, 0.25) is 0 Å². The van der Waals surface area contributed by atoms with Crippen molar-refractivity contribution in [3.63, 3.8) is 0 Å². The van der Waals surface area contributed by atoms with Crippen LogP contribution in [0.5, 0.6) is 5.75 Å². The third kappa shape index (κ3) is 4.43. The number of benzene rings is 2. The number of nitrogens with one attached hydrogen (secondary N) is 1. The third-order valence-electron chi connectivity index (χ3n) is 4.72. The van der Waals surface area contributed by atoms with Gasteiger partial charge in [-0.25, -0.2) is 0 Å². The highest BCUT2D eigenvalue weighted by Gasteiger charge is 2.27. The predicted molar refractivity (Wildman–Crippen MR) is 115 cm³/mol. The lowest BCUT2D eigenvalue weighted by Gasteiger charge is -2.11. The van der Waals surface area contributed by atoms with Crippen molar-refractivity contribution in [3.05, 3.63) is 65.4 Å². The number of carbonyl (C=O) groups is 1. The first-order valence-corrected chi connectivity index (χ1v) is 9.29. The molecule has 3 N–H and O–H groups in total. The number of hydrogen-bond donors (Lipinski definition) is 2. The zero-order valence-electron chi connectivity index (χ0n) is 15.8. The van der Waals surface area contributed by atoms with Crippen LogP contribution in [0.25, 0.3) is 10.9 Å². The third-order valence-corrected chi connectivity index (χ3v) is 4.72. The van der Waals surface area contributed by atoms with E-state index < -0.39 is 0 Å². The molecular formula is C22H24ClN3O2. The summed E-state index contributed by atoms with van der Waals surface area (Å²) >= 11 is 0. The number of nitrogens with zero attached hydrogens (tertiary/aromatic N) is 1. The fraction of sp³-hybridized carbons (Fsp3) is 0.273. The van der Waals surface area contributed by atoms with Gasteiger partial charge in [-0.1, -0.05) is 11.6 Å². The molecule has 0 spiro atoms. The average Bonchev–Trinajstić information content (AvgIpc) is 3.52. The van der Waals surface area contributed by atoms with E-state index in [0.717, 1.165) is 46.4 Å². The van der Waals surface area contributed by atoms with Gasteiger partial charge in [-0.2, -0.15) is 0 Å².